The van der Waals surface area contributed by atoms with Gasteiger partial charge in [-0.15, -0.1) is 5.01 Å². The number of nitrogens with one attached hydrogen (secondary N) is 1. The topological polar surface area (TPSA) is 167 Å². The second-order valence-corrected chi connectivity index (χ2v) is 12.3. The Morgan fingerprint density at radius 2 is 1.69 bits per heavy atom. The van der Waals surface area contributed by atoms with Crippen LogP contribution in [0, 0.1) is 17.5 Å². The van der Waals surface area contributed by atoms with Gasteiger partial charge < -0.3 is 19.5 Å². The lowest BCUT2D eigenvalue weighted by Crippen LogP contribution is -2.35. The molecule has 0 aliphatic rings. The summed E-state index contributed by atoms with van der Waals surface area (Å²) < 4.78 is 78.1. The molecule has 0 atom stereocenters. The summed E-state index contributed by atoms with van der Waals surface area (Å²) in [7, 11) is -3.18. The van der Waals surface area contributed by atoms with E-state index in [-0.39, 0.29) is 27.8 Å². The van der Waals surface area contributed by atoms with Crippen LogP contribution in [-0.2, 0) is 35.3 Å². The van der Waals surface area contributed by atoms with Gasteiger partial charge in [-0.1, -0.05) is 29.8 Å². The first-order valence-electron chi connectivity index (χ1n) is 13.1. The summed E-state index contributed by atoms with van der Waals surface area (Å²) in [5, 5.41) is 19.6. The number of nitrogens with zero attached hydrogens (tertiary/aromatic N) is 5. The van der Waals surface area contributed by atoms with E-state index in [4.69, 9.17) is 9.47 Å². The monoisotopic (exact) mass is 656 g/mol. The molecule has 2 aromatic carbocycles. The Hall–Kier alpha value is -4.87. The number of carbonyl (C=O) groups excluding carboxylic acids is 2. The molecule has 1 N–H and O–H groups in total. The third kappa shape index (κ3) is 9.56. The Morgan fingerprint density at radius 3 is 2.27 bits per heavy atom. The Bertz CT molecular complexity index is 1630. The lowest BCUT2D eigenvalue weighted by molar-refractivity contribution is -0.706. The Balaban J connectivity index is 1.60. The van der Waals surface area contributed by atoms with Gasteiger partial charge in [-0.05, 0) is 58.0 Å². The molecule has 0 aliphatic carbocycles. The first-order chi connectivity index (χ1) is 20.9. The van der Waals surface area contributed by atoms with Gasteiger partial charge in [0.15, 0.2) is 5.69 Å². The molecule has 1 aromatic heterocycles. The van der Waals surface area contributed by atoms with Crippen molar-refractivity contribution < 1.29 is 50.5 Å². The Morgan fingerprint density at radius 1 is 1.07 bits per heavy atom. The largest absolute Gasteiger partial charge is 0.569 e. The zero-order valence-electron chi connectivity index (χ0n) is 24.9. The van der Waals surface area contributed by atoms with E-state index in [2.05, 4.69) is 15.2 Å². The fraction of sp³-hybridized carbons (Fsp3) is 0.370. The molecule has 45 heavy (non-hydrogen) atoms. The molecule has 3 rings (SSSR count). The van der Waals surface area contributed by atoms with Crippen molar-refractivity contribution in [1.82, 2.24) is 19.5 Å². The molecule has 1 heterocycles. The number of amides is 1. The van der Waals surface area contributed by atoms with Gasteiger partial charge in [-0.25, -0.2) is 22.6 Å². The highest BCUT2D eigenvalue weighted by molar-refractivity contribution is 7.90. The van der Waals surface area contributed by atoms with E-state index >= 15 is 0 Å². The lowest BCUT2D eigenvalue weighted by atomic mass is 9.98. The minimum absolute atomic E-state index is 0.00794. The van der Waals surface area contributed by atoms with Crippen LogP contribution in [0.4, 0.5) is 18.0 Å². The van der Waals surface area contributed by atoms with E-state index in [1.54, 1.807) is 49.8 Å². The molecule has 0 saturated heterocycles. The molecule has 0 spiro atoms. The van der Waals surface area contributed by atoms with E-state index in [0.29, 0.717) is 5.56 Å². The van der Waals surface area contributed by atoms with Gasteiger partial charge in [0.05, 0.1) is 33.7 Å². The first-order valence-corrected chi connectivity index (χ1v) is 14.6. The maximum absolute atomic E-state index is 13.5. The third-order valence-electron chi connectivity index (χ3n) is 5.88. The molecule has 0 saturated carbocycles. The maximum atomic E-state index is 13.5. The fourth-order valence-electron chi connectivity index (χ4n) is 3.40. The minimum atomic E-state index is -4.72. The molecule has 244 valence electrons. The van der Waals surface area contributed by atoms with E-state index in [1.807, 2.05) is 6.92 Å². The summed E-state index contributed by atoms with van der Waals surface area (Å²) in [5.41, 5.74) is -0.286. The average Bonchev–Trinajstić information content (AvgIpc) is 3.41. The van der Waals surface area contributed by atoms with Gasteiger partial charge in [0.1, 0.15) is 13.2 Å². The summed E-state index contributed by atoms with van der Waals surface area (Å²) in [6.07, 6.45) is -6.07. The number of ether oxygens (including phenoxy) is 2. The van der Waals surface area contributed by atoms with Crippen LogP contribution in [0.3, 0.4) is 0 Å². The van der Waals surface area contributed by atoms with Crippen molar-refractivity contribution in [3.63, 3.8) is 0 Å². The summed E-state index contributed by atoms with van der Waals surface area (Å²) in [5.74, 6) is -0.571. The highest BCUT2D eigenvalue weighted by Gasteiger charge is 2.35. The number of alkyl halides is 3. The van der Waals surface area contributed by atoms with E-state index in [9.17, 15) is 36.4 Å². The van der Waals surface area contributed by atoms with Crippen molar-refractivity contribution in [2.24, 2.45) is 10.7 Å². The highest BCUT2D eigenvalue weighted by Crippen LogP contribution is 2.33. The second kappa shape index (κ2) is 13.8. The smallest absolute Gasteiger partial charge is 0.435 e. The van der Waals surface area contributed by atoms with Crippen LogP contribution in [0.5, 0.6) is 0 Å². The first kappa shape index (κ1) is 34.6. The fourth-order valence-corrected chi connectivity index (χ4v) is 4.29. The molecule has 0 aliphatic heterocycles. The number of aromatic nitrogens is 2. The third-order valence-corrected chi connectivity index (χ3v) is 7.21. The summed E-state index contributed by atoms with van der Waals surface area (Å²) in [4.78, 5) is 28.0. The van der Waals surface area contributed by atoms with Crippen LogP contribution in [0.25, 0.3) is 16.9 Å². The number of aryl methyl sites for hydroxylation is 1. The zero-order valence-corrected chi connectivity index (χ0v) is 25.7. The molecule has 0 unspecified atom stereocenters. The van der Waals surface area contributed by atoms with Crippen molar-refractivity contribution in [3.8, 4) is 16.9 Å². The van der Waals surface area contributed by atoms with Crippen LogP contribution in [0.1, 0.15) is 32.0 Å². The number of hydrogen-bond donors (Lipinski definition) is 1. The number of hydrogen-bond acceptors (Lipinski definition) is 10. The normalized spacial score (nSPS) is 12.4. The van der Waals surface area contributed by atoms with Gasteiger partial charge >= 0.3 is 18.2 Å². The lowest BCUT2D eigenvalue weighted by Gasteiger charge is -2.15. The Labute approximate surface area is 256 Å². The molecule has 1 amide bonds. The van der Waals surface area contributed by atoms with Crippen LogP contribution in [0.15, 0.2) is 64.8 Å². The number of esters is 1. The average molecular weight is 657 g/mol. The van der Waals surface area contributed by atoms with Crippen LogP contribution in [0.2, 0.25) is 0 Å². The van der Waals surface area contributed by atoms with Crippen LogP contribution >= 0.6 is 0 Å². The number of likely N-dealkylation sites (N-methyl/N-ethyl adjacent to an activating group) is 1. The summed E-state index contributed by atoms with van der Waals surface area (Å²) >= 11 is 0. The molecular formula is C27H31F3N6O8S. The number of carbonyl (C=O) groups is 2. The predicted octanol–water partition coefficient (Wildman–Crippen LogP) is 4.57. The van der Waals surface area contributed by atoms with Crippen LogP contribution in [-0.4, -0.2) is 67.2 Å². The molecule has 0 fully saturated rings. The van der Waals surface area contributed by atoms with Crippen molar-refractivity contribution >= 4 is 22.1 Å². The van der Waals surface area contributed by atoms with Gasteiger partial charge in [0.25, 0.3) is 16.8 Å². The van der Waals surface area contributed by atoms with E-state index in [0.717, 1.165) is 33.5 Å². The van der Waals surface area contributed by atoms with Gasteiger partial charge in [0, 0.05) is 5.56 Å². The molecule has 0 bridgehead atoms. The molecule has 0 radical (unpaired) electrons. The SMILES string of the molecule is Cc1ccc(-c2cc(C(F)(F)F)nn2-c2ccc(S(=O)(=O)NC(=O)OCCN(C)/[N+]([O-])=N/OCOC(=O)C(C)(C)C)cc2)cc1. The number of hydrazine groups is 1. The molecule has 3 aromatic rings. The standard InChI is InChI=1S/C27H31F3N6O8S/c1-18-6-8-19(9-7-18)22-16-23(27(28,29)30)31-35(22)20-10-12-21(13-11-20)45(40,41)32-25(38)42-15-14-34(5)36(39)33-44-17-43-24(37)26(2,3)4/h6-13,16H,14-15,17H2,1-5H3,(H,32,38)/b36-33-. The van der Waals surface area contributed by atoms with Gasteiger partial charge in [-0.2, -0.15) is 18.3 Å². The summed E-state index contributed by atoms with van der Waals surface area (Å²) in [6, 6.07) is 12.3. The molecule has 14 nitrogen and oxygen atoms in total. The van der Waals surface area contributed by atoms with Gasteiger partial charge in [0.2, 0.25) is 5.28 Å². The number of sulfonamides is 1. The highest BCUT2D eigenvalue weighted by atomic mass is 32.2. The maximum Gasteiger partial charge on any atom is 0.435 e. The van der Waals surface area contributed by atoms with Crippen molar-refractivity contribution in [2.45, 2.75) is 38.8 Å². The van der Waals surface area contributed by atoms with Crippen molar-refractivity contribution in [1.29, 1.82) is 0 Å². The number of rotatable bonds is 11. The predicted molar refractivity (Wildman–Crippen MR) is 151 cm³/mol. The Kier molecular flexibility index (Phi) is 10.6. The summed E-state index contributed by atoms with van der Waals surface area (Å²) in [6.45, 7) is 5.43. The minimum Gasteiger partial charge on any atom is -0.569 e. The molecular weight excluding hydrogens is 625 g/mol. The van der Waals surface area contributed by atoms with Crippen molar-refractivity contribution in [2.75, 3.05) is 27.0 Å². The number of halogens is 3. The zero-order chi connectivity index (χ0) is 33.6. The van der Waals surface area contributed by atoms with Crippen LogP contribution < -0.4 is 4.72 Å². The molecule has 18 heteroatoms. The van der Waals surface area contributed by atoms with Crippen molar-refractivity contribution in [3.05, 3.63) is 71.1 Å². The number of benzene rings is 2. The van der Waals surface area contributed by atoms with Gasteiger partial charge in [-0.3, -0.25) is 4.79 Å². The second-order valence-electron chi connectivity index (χ2n) is 10.6. The quantitative estimate of drug-likeness (QED) is 0.0771. The van der Waals surface area contributed by atoms with E-state index in [1.165, 1.54) is 19.2 Å². The van der Waals surface area contributed by atoms with E-state index < -0.39 is 52.8 Å².